The van der Waals surface area contributed by atoms with Gasteiger partial charge in [-0.15, -0.1) is 0 Å². The van der Waals surface area contributed by atoms with Gasteiger partial charge in [-0.2, -0.15) is 0 Å². The SMILES string of the molecule is c1cnc2c(c1)C1(c3cc(-c4ccc5c(c4)c4ccccc4n5-c4cnccc4-n4c5ccccc5c5ccccc54)ccc3Sc3ccc(-n4c5ccccc5c5ccccc54)cc31)c1cccnc1-2. The second-order valence-electron chi connectivity index (χ2n) is 18.7. The Morgan fingerprint density at radius 1 is 0.338 bits per heavy atom. The molecule has 0 fully saturated rings. The van der Waals surface area contributed by atoms with Gasteiger partial charge in [0.25, 0.3) is 0 Å². The lowest BCUT2D eigenvalue weighted by molar-refractivity contribution is 0.718. The average Bonchev–Trinajstić information content (AvgIpc) is 4.15. The van der Waals surface area contributed by atoms with Crippen LogP contribution in [-0.2, 0) is 5.41 Å². The normalized spacial score (nSPS) is 13.4. The largest absolute Gasteiger partial charge is 0.309 e. The Bertz CT molecular complexity index is 4440. The summed E-state index contributed by atoms with van der Waals surface area (Å²) in [4.78, 5) is 17.4. The van der Waals surface area contributed by atoms with E-state index in [1.165, 1.54) is 64.3 Å². The summed E-state index contributed by atoms with van der Waals surface area (Å²) in [5.74, 6) is 0. The highest BCUT2D eigenvalue weighted by Crippen LogP contribution is 2.62. The summed E-state index contributed by atoms with van der Waals surface area (Å²) in [7, 11) is 0. The molecule has 6 nitrogen and oxygen atoms in total. The molecule has 0 N–H and O–H groups in total. The zero-order valence-corrected chi connectivity index (χ0v) is 38.8. The lowest BCUT2D eigenvalue weighted by atomic mass is 9.67. The highest BCUT2D eigenvalue weighted by Gasteiger charge is 2.52. The summed E-state index contributed by atoms with van der Waals surface area (Å²) >= 11 is 1.86. The average molecular weight is 923 g/mol. The van der Waals surface area contributed by atoms with Gasteiger partial charge >= 0.3 is 0 Å². The summed E-state index contributed by atoms with van der Waals surface area (Å²) in [6, 6.07) is 75.8. The molecule has 0 saturated carbocycles. The van der Waals surface area contributed by atoms with E-state index in [0.717, 1.165) is 72.8 Å². The van der Waals surface area contributed by atoms with E-state index in [2.05, 4.69) is 220 Å². The minimum Gasteiger partial charge on any atom is -0.309 e. The van der Waals surface area contributed by atoms with Crippen LogP contribution in [-0.4, -0.2) is 28.7 Å². The monoisotopic (exact) mass is 922 g/mol. The van der Waals surface area contributed by atoms with Crippen molar-refractivity contribution in [2.24, 2.45) is 0 Å². The van der Waals surface area contributed by atoms with Crippen LogP contribution >= 0.6 is 11.8 Å². The first-order valence-corrected chi connectivity index (χ1v) is 24.9. The minimum absolute atomic E-state index is 0.683. The molecule has 8 aromatic carbocycles. The molecule has 0 atom stereocenters. The van der Waals surface area contributed by atoms with Crippen LogP contribution in [0.5, 0.6) is 0 Å². The number of rotatable bonds is 4. The summed E-state index contributed by atoms with van der Waals surface area (Å²) in [6.07, 6.45) is 7.74. The summed E-state index contributed by atoms with van der Waals surface area (Å²) < 4.78 is 7.23. The van der Waals surface area contributed by atoms with E-state index in [9.17, 15) is 0 Å². The van der Waals surface area contributed by atoms with Crippen molar-refractivity contribution in [3.63, 3.8) is 0 Å². The Morgan fingerprint density at radius 2 is 0.803 bits per heavy atom. The molecule has 1 aliphatic heterocycles. The molecule has 14 aromatic rings. The lowest BCUT2D eigenvalue weighted by Gasteiger charge is -2.39. The second kappa shape index (κ2) is 14.5. The summed E-state index contributed by atoms with van der Waals surface area (Å²) in [6.45, 7) is 0. The topological polar surface area (TPSA) is 53.5 Å². The first kappa shape index (κ1) is 38.9. The van der Waals surface area contributed by atoms with E-state index in [1.54, 1.807) is 0 Å². The molecule has 0 saturated heterocycles. The van der Waals surface area contributed by atoms with Gasteiger partial charge in [0, 0.05) is 66.4 Å². The van der Waals surface area contributed by atoms with Gasteiger partial charge < -0.3 is 13.7 Å². The molecule has 0 radical (unpaired) electrons. The van der Waals surface area contributed by atoms with Crippen LogP contribution in [0.1, 0.15) is 22.3 Å². The Balaban J connectivity index is 0.913. The van der Waals surface area contributed by atoms with E-state index < -0.39 is 5.41 Å². The Morgan fingerprint density at radius 3 is 1.39 bits per heavy atom. The number of hydrogen-bond donors (Lipinski definition) is 0. The van der Waals surface area contributed by atoms with Crippen LogP contribution in [0.2, 0.25) is 0 Å². The number of pyridine rings is 3. The molecule has 7 heterocycles. The molecular formula is C64H38N6S. The van der Waals surface area contributed by atoms with Crippen LogP contribution in [0.15, 0.2) is 241 Å². The minimum atomic E-state index is -0.683. The van der Waals surface area contributed by atoms with E-state index in [1.807, 2.05) is 36.5 Å². The van der Waals surface area contributed by atoms with Gasteiger partial charge in [-0.1, -0.05) is 127 Å². The third-order valence-corrected chi connectivity index (χ3v) is 16.5. The van der Waals surface area contributed by atoms with Gasteiger partial charge in [-0.05, 0) is 124 Å². The van der Waals surface area contributed by atoms with Crippen molar-refractivity contribution >= 4 is 77.2 Å². The van der Waals surface area contributed by atoms with Crippen molar-refractivity contribution in [3.8, 4) is 39.6 Å². The number of nitrogens with zero attached hydrogens (tertiary/aromatic N) is 6. The van der Waals surface area contributed by atoms with Gasteiger partial charge in [-0.25, -0.2) is 0 Å². The van der Waals surface area contributed by atoms with E-state index in [-0.39, 0.29) is 0 Å². The third-order valence-electron chi connectivity index (χ3n) is 15.3. The van der Waals surface area contributed by atoms with Gasteiger partial charge in [0.2, 0.25) is 0 Å². The molecule has 1 spiro atoms. The standard InChI is InChI=1S/C64H38N6S/c1-6-20-52-42(13-1)43-14-2-7-21-53(43)68(52)41-27-30-61-51(37-41)64(48-18-11-32-66-62(48)63-49(64)19-12-33-67-63)50-36-40(26-29-60(50)71-61)39-25-28-57-47(35-39)46-17-5-10-24-56(46)70(57)59-38-65-34-31-58(59)69-54-22-8-3-15-44(54)45-16-4-9-23-55(45)69/h1-38H. The molecule has 0 amide bonds. The number of hydrogen-bond acceptors (Lipinski definition) is 4. The maximum absolute atomic E-state index is 5.09. The van der Waals surface area contributed by atoms with E-state index in [0.29, 0.717) is 0 Å². The molecule has 6 aromatic heterocycles. The van der Waals surface area contributed by atoms with Gasteiger partial charge in [0.15, 0.2) is 0 Å². The van der Waals surface area contributed by atoms with Crippen LogP contribution in [0.3, 0.4) is 0 Å². The fraction of sp³-hybridized carbons (Fsp3) is 0.0156. The smallest absolute Gasteiger partial charge is 0.0937 e. The number of fused-ring (bicyclic) bond motifs is 18. The Labute approximate surface area is 411 Å². The third kappa shape index (κ3) is 5.20. The first-order chi connectivity index (χ1) is 35.2. The Kier molecular flexibility index (Phi) is 7.94. The van der Waals surface area contributed by atoms with Gasteiger partial charge in [0.05, 0.1) is 67.5 Å². The van der Waals surface area contributed by atoms with Gasteiger partial charge in [0.1, 0.15) is 0 Å². The molecule has 2 aliphatic rings. The highest BCUT2D eigenvalue weighted by atomic mass is 32.2. The van der Waals surface area contributed by atoms with Crippen LogP contribution < -0.4 is 0 Å². The van der Waals surface area contributed by atoms with Crippen LogP contribution in [0.25, 0.3) is 105 Å². The quantitative estimate of drug-likeness (QED) is 0.176. The van der Waals surface area contributed by atoms with Crippen molar-refractivity contribution < 1.29 is 0 Å². The van der Waals surface area contributed by atoms with Gasteiger partial charge in [-0.3, -0.25) is 15.0 Å². The summed E-state index contributed by atoms with van der Waals surface area (Å²) in [5.41, 5.74) is 18.4. The van der Waals surface area contributed by atoms with Crippen molar-refractivity contribution in [1.29, 1.82) is 0 Å². The number of benzene rings is 8. The highest BCUT2D eigenvalue weighted by molar-refractivity contribution is 7.99. The zero-order valence-electron chi connectivity index (χ0n) is 38.0. The van der Waals surface area contributed by atoms with Crippen molar-refractivity contribution in [3.05, 3.63) is 253 Å². The van der Waals surface area contributed by atoms with Crippen molar-refractivity contribution in [1.82, 2.24) is 28.7 Å². The molecule has 16 rings (SSSR count). The predicted octanol–water partition coefficient (Wildman–Crippen LogP) is 15.7. The lowest BCUT2D eigenvalue weighted by Crippen LogP contribution is -2.32. The molecule has 1 aliphatic carbocycles. The maximum atomic E-state index is 5.09. The van der Waals surface area contributed by atoms with E-state index in [4.69, 9.17) is 15.0 Å². The second-order valence-corrected chi connectivity index (χ2v) is 19.8. The number of aromatic nitrogens is 6. The molecule has 7 heteroatoms. The van der Waals surface area contributed by atoms with Crippen LogP contribution in [0.4, 0.5) is 0 Å². The first-order valence-electron chi connectivity index (χ1n) is 24.1. The molecular weight excluding hydrogens is 885 g/mol. The Hall–Kier alpha value is -9.04. The van der Waals surface area contributed by atoms with Crippen molar-refractivity contribution in [2.45, 2.75) is 15.2 Å². The predicted molar refractivity (Wildman–Crippen MR) is 290 cm³/mol. The molecule has 0 unspecified atom stereocenters. The zero-order chi connectivity index (χ0) is 46.4. The fourth-order valence-corrected chi connectivity index (χ4v) is 13.6. The summed E-state index contributed by atoms with van der Waals surface area (Å²) in [5, 5.41) is 7.32. The molecule has 71 heavy (non-hydrogen) atoms. The molecule has 0 bridgehead atoms. The molecule has 330 valence electrons. The fourth-order valence-electron chi connectivity index (χ4n) is 12.4. The maximum Gasteiger partial charge on any atom is 0.0937 e. The number of para-hydroxylation sites is 5. The van der Waals surface area contributed by atoms with E-state index >= 15 is 0 Å². The van der Waals surface area contributed by atoms with Crippen molar-refractivity contribution in [2.75, 3.05) is 0 Å². The van der Waals surface area contributed by atoms with Crippen LogP contribution in [0, 0.1) is 0 Å².